The molecule has 0 aromatic heterocycles. The molecular weight excluding hydrogens is 442 g/mol. The first-order valence-corrected chi connectivity index (χ1v) is 8.85. The lowest BCUT2D eigenvalue weighted by Gasteiger charge is -2.14. The molecular formula is C19H26BrCl2FN2O. The molecule has 2 aromatic rings. The van der Waals surface area contributed by atoms with Crippen LogP contribution in [0.25, 0.3) is 0 Å². The third kappa shape index (κ3) is 9.19. The minimum absolute atomic E-state index is 0. The van der Waals surface area contributed by atoms with Crippen molar-refractivity contribution in [2.24, 2.45) is 0 Å². The second kappa shape index (κ2) is 13.3. The fraction of sp³-hybridized carbons (Fsp3) is 0.368. The van der Waals surface area contributed by atoms with Crippen LogP contribution in [0.1, 0.15) is 17.5 Å². The zero-order valence-corrected chi connectivity index (χ0v) is 18.2. The van der Waals surface area contributed by atoms with Gasteiger partial charge in [-0.3, -0.25) is 0 Å². The number of hydrogen-bond acceptors (Lipinski definition) is 3. The highest BCUT2D eigenvalue weighted by Crippen LogP contribution is 2.24. The van der Waals surface area contributed by atoms with Crippen molar-refractivity contribution in [2.75, 3.05) is 27.2 Å². The summed E-state index contributed by atoms with van der Waals surface area (Å²) in [5.74, 6) is 0.618. The van der Waals surface area contributed by atoms with Gasteiger partial charge in [-0.2, -0.15) is 0 Å². The van der Waals surface area contributed by atoms with Crippen molar-refractivity contribution >= 4 is 40.7 Å². The zero-order valence-electron chi connectivity index (χ0n) is 15.0. The Labute approximate surface area is 176 Å². The highest BCUT2D eigenvalue weighted by Gasteiger charge is 2.05. The monoisotopic (exact) mass is 466 g/mol. The highest BCUT2D eigenvalue weighted by molar-refractivity contribution is 9.10. The van der Waals surface area contributed by atoms with Crippen LogP contribution in [-0.4, -0.2) is 32.1 Å². The molecule has 2 rings (SSSR count). The van der Waals surface area contributed by atoms with Gasteiger partial charge in [-0.05, 0) is 69.5 Å². The average Bonchev–Trinajstić information content (AvgIpc) is 2.55. The van der Waals surface area contributed by atoms with Gasteiger partial charge in [0.15, 0.2) is 0 Å². The number of ether oxygens (including phenoxy) is 1. The molecule has 0 saturated heterocycles. The van der Waals surface area contributed by atoms with E-state index in [4.69, 9.17) is 4.74 Å². The van der Waals surface area contributed by atoms with E-state index in [0.717, 1.165) is 47.4 Å². The van der Waals surface area contributed by atoms with Crippen LogP contribution in [0.5, 0.6) is 5.75 Å². The number of benzene rings is 2. The maximum atomic E-state index is 13.0. The van der Waals surface area contributed by atoms with E-state index in [1.165, 1.54) is 12.1 Å². The molecule has 26 heavy (non-hydrogen) atoms. The Bertz CT molecular complexity index is 642. The third-order valence-electron chi connectivity index (χ3n) is 3.60. The van der Waals surface area contributed by atoms with Crippen molar-refractivity contribution in [1.29, 1.82) is 0 Å². The molecule has 0 aliphatic rings. The predicted octanol–water partition coefficient (Wildman–Crippen LogP) is 5.05. The van der Waals surface area contributed by atoms with Crippen molar-refractivity contribution in [2.45, 2.75) is 19.6 Å². The Morgan fingerprint density at radius 1 is 1.08 bits per heavy atom. The Kier molecular flexibility index (Phi) is 12.9. The molecule has 0 radical (unpaired) electrons. The Balaban J connectivity index is 0.00000312. The van der Waals surface area contributed by atoms with Crippen molar-refractivity contribution in [1.82, 2.24) is 10.2 Å². The SMILES string of the molecule is CN(C)CCCNCc1cc(Br)ccc1OCc1ccc(F)cc1.Cl.Cl. The topological polar surface area (TPSA) is 24.5 Å². The molecule has 1 N–H and O–H groups in total. The fourth-order valence-corrected chi connectivity index (χ4v) is 2.72. The average molecular weight is 468 g/mol. The molecule has 0 fully saturated rings. The van der Waals surface area contributed by atoms with Crippen LogP contribution < -0.4 is 10.1 Å². The van der Waals surface area contributed by atoms with Crippen molar-refractivity contribution in [3.8, 4) is 5.75 Å². The van der Waals surface area contributed by atoms with Gasteiger partial charge in [-0.15, -0.1) is 24.8 Å². The molecule has 0 aliphatic carbocycles. The van der Waals surface area contributed by atoms with E-state index in [-0.39, 0.29) is 30.6 Å². The van der Waals surface area contributed by atoms with E-state index < -0.39 is 0 Å². The van der Waals surface area contributed by atoms with E-state index in [1.807, 2.05) is 12.1 Å². The van der Waals surface area contributed by atoms with Gasteiger partial charge in [0.05, 0.1) is 0 Å². The van der Waals surface area contributed by atoms with Crippen LogP contribution in [0.3, 0.4) is 0 Å². The van der Waals surface area contributed by atoms with Crippen LogP contribution >= 0.6 is 40.7 Å². The molecule has 0 aliphatic heterocycles. The Morgan fingerprint density at radius 3 is 2.42 bits per heavy atom. The molecule has 0 bridgehead atoms. The molecule has 0 heterocycles. The molecule has 0 atom stereocenters. The molecule has 0 spiro atoms. The standard InChI is InChI=1S/C19H24BrFN2O.2ClH/c1-23(2)11-3-10-22-13-16-12-17(20)6-9-19(16)24-14-15-4-7-18(21)8-5-15;;/h4-9,12,22H,3,10-11,13-14H2,1-2H3;2*1H. The van der Waals surface area contributed by atoms with Crippen LogP contribution in [0.4, 0.5) is 4.39 Å². The maximum Gasteiger partial charge on any atom is 0.124 e. The minimum Gasteiger partial charge on any atom is -0.489 e. The van der Waals surface area contributed by atoms with Gasteiger partial charge in [0.25, 0.3) is 0 Å². The molecule has 2 aromatic carbocycles. The summed E-state index contributed by atoms with van der Waals surface area (Å²) in [6, 6.07) is 12.4. The van der Waals surface area contributed by atoms with Crippen LogP contribution in [0, 0.1) is 5.82 Å². The normalized spacial score (nSPS) is 10.2. The summed E-state index contributed by atoms with van der Waals surface area (Å²) in [7, 11) is 4.16. The van der Waals surface area contributed by atoms with Gasteiger partial charge in [0.1, 0.15) is 18.2 Å². The summed E-state index contributed by atoms with van der Waals surface area (Å²) in [6.45, 7) is 3.21. The lowest BCUT2D eigenvalue weighted by Crippen LogP contribution is -2.21. The quantitative estimate of drug-likeness (QED) is 0.522. The molecule has 0 unspecified atom stereocenters. The Morgan fingerprint density at radius 2 is 1.77 bits per heavy atom. The van der Waals surface area contributed by atoms with Gasteiger partial charge in [-0.25, -0.2) is 4.39 Å². The first-order chi connectivity index (χ1) is 11.5. The molecule has 3 nitrogen and oxygen atoms in total. The summed E-state index contributed by atoms with van der Waals surface area (Å²) >= 11 is 3.51. The summed E-state index contributed by atoms with van der Waals surface area (Å²) in [6.07, 6.45) is 1.10. The smallest absolute Gasteiger partial charge is 0.124 e. The number of halogens is 4. The van der Waals surface area contributed by atoms with E-state index in [2.05, 4.69) is 46.3 Å². The second-order valence-corrected chi connectivity index (χ2v) is 6.92. The maximum absolute atomic E-state index is 13.0. The molecule has 146 valence electrons. The Hall–Kier alpha value is -0.850. The van der Waals surface area contributed by atoms with Crippen molar-refractivity contribution in [3.63, 3.8) is 0 Å². The largest absolute Gasteiger partial charge is 0.489 e. The number of rotatable bonds is 9. The van der Waals surface area contributed by atoms with Gasteiger partial charge in [-0.1, -0.05) is 28.1 Å². The summed E-state index contributed by atoms with van der Waals surface area (Å²) < 4.78 is 19.9. The van der Waals surface area contributed by atoms with Crippen LogP contribution in [0.2, 0.25) is 0 Å². The predicted molar refractivity (Wildman–Crippen MR) is 114 cm³/mol. The fourth-order valence-electron chi connectivity index (χ4n) is 2.31. The van der Waals surface area contributed by atoms with E-state index >= 15 is 0 Å². The van der Waals surface area contributed by atoms with Crippen molar-refractivity contribution in [3.05, 3.63) is 63.9 Å². The lowest BCUT2D eigenvalue weighted by atomic mass is 10.2. The molecule has 7 heteroatoms. The number of hydrogen-bond donors (Lipinski definition) is 1. The first-order valence-electron chi connectivity index (χ1n) is 8.06. The third-order valence-corrected chi connectivity index (χ3v) is 4.10. The van der Waals surface area contributed by atoms with Gasteiger partial charge in [0, 0.05) is 16.6 Å². The zero-order chi connectivity index (χ0) is 17.4. The molecule has 0 amide bonds. The van der Waals surface area contributed by atoms with Gasteiger partial charge < -0.3 is 15.0 Å². The van der Waals surface area contributed by atoms with E-state index in [9.17, 15) is 4.39 Å². The summed E-state index contributed by atoms with van der Waals surface area (Å²) in [5.41, 5.74) is 2.06. The van der Waals surface area contributed by atoms with Gasteiger partial charge in [0.2, 0.25) is 0 Å². The second-order valence-electron chi connectivity index (χ2n) is 6.00. The van der Waals surface area contributed by atoms with E-state index in [0.29, 0.717) is 6.61 Å². The van der Waals surface area contributed by atoms with Crippen LogP contribution in [0.15, 0.2) is 46.9 Å². The number of nitrogens with zero attached hydrogens (tertiary/aromatic N) is 1. The first kappa shape index (κ1) is 25.1. The summed E-state index contributed by atoms with van der Waals surface area (Å²) in [5, 5.41) is 3.45. The molecule has 0 saturated carbocycles. The van der Waals surface area contributed by atoms with Crippen molar-refractivity contribution < 1.29 is 9.13 Å². The minimum atomic E-state index is -0.231. The summed E-state index contributed by atoms with van der Waals surface area (Å²) in [4.78, 5) is 2.18. The van der Waals surface area contributed by atoms with Gasteiger partial charge >= 0.3 is 0 Å². The van der Waals surface area contributed by atoms with E-state index in [1.54, 1.807) is 12.1 Å². The van der Waals surface area contributed by atoms with Crippen LogP contribution in [-0.2, 0) is 13.2 Å². The highest BCUT2D eigenvalue weighted by atomic mass is 79.9. The number of nitrogens with one attached hydrogen (secondary N) is 1. The lowest BCUT2D eigenvalue weighted by molar-refractivity contribution is 0.301.